The van der Waals surface area contributed by atoms with Crippen molar-refractivity contribution in [2.75, 3.05) is 25.5 Å². The van der Waals surface area contributed by atoms with Gasteiger partial charge in [-0.05, 0) is 49.4 Å². The minimum atomic E-state index is -4.87. The van der Waals surface area contributed by atoms with Crippen LogP contribution in [0.5, 0.6) is 5.88 Å². The fourth-order valence-electron chi connectivity index (χ4n) is 8.22. The van der Waals surface area contributed by atoms with Gasteiger partial charge in [0.2, 0.25) is 11.8 Å². The number of nitrogens with zero attached hydrogens (tertiary/aromatic N) is 5. The van der Waals surface area contributed by atoms with Gasteiger partial charge in [0.05, 0.1) is 39.6 Å². The minimum absolute atomic E-state index is 0.106. The van der Waals surface area contributed by atoms with Gasteiger partial charge in [-0.25, -0.2) is 14.8 Å². The number of benzene rings is 2. The number of fused-ring (bicyclic) bond motifs is 2. The van der Waals surface area contributed by atoms with Crippen LogP contribution >= 0.6 is 23.2 Å². The van der Waals surface area contributed by atoms with Gasteiger partial charge in [0.15, 0.2) is 0 Å². The second-order valence-electron chi connectivity index (χ2n) is 14.1. The van der Waals surface area contributed by atoms with Gasteiger partial charge in [-0.15, -0.1) is 0 Å². The molecule has 2 unspecified atom stereocenters. The van der Waals surface area contributed by atoms with E-state index in [9.17, 15) is 27.6 Å². The van der Waals surface area contributed by atoms with E-state index in [1.807, 2.05) is 18.2 Å². The SMILES string of the molecule is COc1nc(-c2cccc(-c3cccc(Nc4nc(C(F)(F)F)cc5c4c(=O)n(C)c(=O)n5C)c3Cl)c2Cl)cc2c1C(N1CCC3(CCC(=O)N3)C1)CC2. The molecule has 1 spiro atoms. The van der Waals surface area contributed by atoms with Crippen molar-refractivity contribution in [2.24, 2.45) is 14.1 Å². The number of rotatable bonds is 6. The van der Waals surface area contributed by atoms with Gasteiger partial charge in [-0.3, -0.25) is 23.6 Å². The van der Waals surface area contributed by atoms with Crippen LogP contribution in [0.4, 0.5) is 24.7 Å². The monoisotopic (exact) mass is 779 g/mol. The lowest BCUT2D eigenvalue weighted by molar-refractivity contribution is -0.141. The van der Waals surface area contributed by atoms with Gasteiger partial charge in [0.25, 0.3) is 5.56 Å². The fraction of sp³-hybridized carbons (Fsp3) is 0.342. The summed E-state index contributed by atoms with van der Waals surface area (Å²) in [6.07, 6.45) is -0.857. The van der Waals surface area contributed by atoms with Crippen molar-refractivity contribution < 1.29 is 22.7 Å². The number of likely N-dealkylation sites (tertiary alicyclic amines) is 1. The number of carbonyl (C=O) groups excluding carboxylic acids is 1. The second-order valence-corrected chi connectivity index (χ2v) is 14.9. The number of aromatic nitrogens is 4. The van der Waals surface area contributed by atoms with E-state index in [0.29, 0.717) is 45.8 Å². The van der Waals surface area contributed by atoms with E-state index in [2.05, 4.69) is 20.5 Å². The molecule has 1 aliphatic carbocycles. The van der Waals surface area contributed by atoms with E-state index < -0.39 is 28.9 Å². The van der Waals surface area contributed by atoms with Crippen LogP contribution in [0.15, 0.2) is 58.1 Å². The molecule has 16 heteroatoms. The number of anilines is 2. The molecular formula is C38H34Cl2F3N7O4. The van der Waals surface area contributed by atoms with E-state index in [-0.39, 0.29) is 39.1 Å². The molecule has 3 aliphatic rings. The Morgan fingerprint density at radius 3 is 2.37 bits per heavy atom. The van der Waals surface area contributed by atoms with Crippen LogP contribution in [-0.4, -0.2) is 55.6 Å². The lowest BCUT2D eigenvalue weighted by Gasteiger charge is -2.28. The molecule has 1 amide bonds. The highest BCUT2D eigenvalue weighted by molar-refractivity contribution is 6.39. The summed E-state index contributed by atoms with van der Waals surface area (Å²) < 4.78 is 49.6. The Bertz CT molecular complexity index is 2520. The Morgan fingerprint density at radius 1 is 0.944 bits per heavy atom. The molecule has 0 radical (unpaired) electrons. The van der Waals surface area contributed by atoms with Gasteiger partial charge in [0.1, 0.15) is 16.9 Å². The van der Waals surface area contributed by atoms with Crippen molar-refractivity contribution in [1.29, 1.82) is 0 Å². The van der Waals surface area contributed by atoms with Crippen LogP contribution in [0, 0.1) is 0 Å². The molecule has 5 aromatic rings. The Hall–Kier alpha value is -4.92. The van der Waals surface area contributed by atoms with E-state index >= 15 is 0 Å². The number of nitrogens with one attached hydrogen (secondary N) is 2. The third kappa shape index (κ3) is 5.91. The zero-order chi connectivity index (χ0) is 38.3. The molecular weight excluding hydrogens is 746 g/mol. The number of alkyl halides is 3. The Morgan fingerprint density at radius 2 is 1.67 bits per heavy atom. The number of hydrogen-bond acceptors (Lipinski definition) is 8. The molecule has 11 nitrogen and oxygen atoms in total. The molecule has 0 bridgehead atoms. The number of aryl methyl sites for hydroxylation is 2. The molecule has 2 aromatic carbocycles. The summed E-state index contributed by atoms with van der Waals surface area (Å²) in [5, 5.41) is 6.27. The molecule has 2 atom stereocenters. The van der Waals surface area contributed by atoms with E-state index in [1.165, 1.54) is 20.2 Å². The standard InChI is InChI=1S/C38H34Cl2F3N7O4/c1-48-26-17-27(38(41,42)43)46-33(30(26)35(52)49(2)36(48)53)44-23-9-5-7-21(32(23)40)20-6-4-8-22(31(20)39)24-16-19-10-11-25(29(19)34(45-24)54-3)50-15-14-37(18-50)13-12-28(51)47-37/h4-9,16-17,25H,10-15,18H2,1-3H3,(H,44,46)(H,47,51). The van der Waals surface area contributed by atoms with Crippen LogP contribution in [-0.2, 0) is 31.5 Å². The van der Waals surface area contributed by atoms with Crippen LogP contribution < -0.4 is 26.6 Å². The third-order valence-corrected chi connectivity index (χ3v) is 11.8. The minimum Gasteiger partial charge on any atom is -0.481 e. The van der Waals surface area contributed by atoms with Crippen LogP contribution in [0.25, 0.3) is 33.3 Å². The lowest BCUT2D eigenvalue weighted by atomic mass is 9.97. The summed E-state index contributed by atoms with van der Waals surface area (Å²) in [5.41, 5.74) is 1.20. The number of amides is 1. The molecule has 5 heterocycles. The van der Waals surface area contributed by atoms with Crippen molar-refractivity contribution >= 4 is 51.5 Å². The largest absolute Gasteiger partial charge is 0.481 e. The summed E-state index contributed by atoms with van der Waals surface area (Å²) in [6.45, 7) is 1.65. The van der Waals surface area contributed by atoms with Crippen LogP contribution in [0.2, 0.25) is 10.0 Å². The van der Waals surface area contributed by atoms with E-state index in [1.54, 1.807) is 25.3 Å². The molecule has 2 aliphatic heterocycles. The highest BCUT2D eigenvalue weighted by Crippen LogP contribution is 2.47. The lowest BCUT2D eigenvalue weighted by Crippen LogP contribution is -2.44. The summed E-state index contributed by atoms with van der Waals surface area (Å²) in [6, 6.07) is 13.1. The van der Waals surface area contributed by atoms with Crippen LogP contribution in [0.3, 0.4) is 0 Å². The topological polar surface area (TPSA) is 123 Å². The summed E-state index contributed by atoms with van der Waals surface area (Å²) >= 11 is 14.1. The second kappa shape index (κ2) is 13.1. The van der Waals surface area contributed by atoms with Crippen molar-refractivity contribution in [3.8, 4) is 28.3 Å². The first-order chi connectivity index (χ1) is 25.7. The number of carbonyl (C=O) groups is 1. The maximum absolute atomic E-state index is 14.0. The smallest absolute Gasteiger partial charge is 0.433 e. The number of methoxy groups -OCH3 is 1. The Labute approximate surface area is 316 Å². The molecule has 2 saturated heterocycles. The van der Waals surface area contributed by atoms with Gasteiger partial charge in [0, 0.05) is 61.9 Å². The van der Waals surface area contributed by atoms with Crippen molar-refractivity contribution in [3.63, 3.8) is 0 Å². The number of hydrogen-bond donors (Lipinski definition) is 2. The average Bonchev–Trinajstić information content (AvgIpc) is 3.87. The first kappa shape index (κ1) is 36.1. The molecule has 2 N–H and O–H groups in total. The molecule has 280 valence electrons. The van der Waals surface area contributed by atoms with Crippen LogP contribution in [0.1, 0.15) is 48.5 Å². The Kier molecular flexibility index (Phi) is 8.77. The van der Waals surface area contributed by atoms with Gasteiger partial charge in [-0.2, -0.15) is 13.2 Å². The fourth-order valence-corrected chi connectivity index (χ4v) is 8.82. The zero-order valence-electron chi connectivity index (χ0n) is 29.4. The molecule has 54 heavy (non-hydrogen) atoms. The molecule has 3 aromatic heterocycles. The molecule has 8 rings (SSSR count). The van der Waals surface area contributed by atoms with Crippen molar-refractivity contribution in [1.82, 2.24) is 29.3 Å². The third-order valence-electron chi connectivity index (χ3n) is 10.9. The molecule has 2 fully saturated rings. The van der Waals surface area contributed by atoms with Crippen molar-refractivity contribution in [2.45, 2.75) is 49.9 Å². The predicted octanol–water partition coefficient (Wildman–Crippen LogP) is 6.78. The van der Waals surface area contributed by atoms with E-state index in [4.69, 9.17) is 32.9 Å². The van der Waals surface area contributed by atoms with Gasteiger partial charge >= 0.3 is 11.9 Å². The normalized spacial score (nSPS) is 19.9. The first-order valence-corrected chi connectivity index (χ1v) is 18.1. The predicted molar refractivity (Wildman–Crippen MR) is 200 cm³/mol. The maximum atomic E-state index is 14.0. The first-order valence-electron chi connectivity index (χ1n) is 17.4. The van der Waals surface area contributed by atoms with Crippen molar-refractivity contribution in [3.05, 3.63) is 96.2 Å². The van der Waals surface area contributed by atoms with E-state index in [0.717, 1.165) is 59.0 Å². The quantitative estimate of drug-likeness (QED) is 0.194. The number of halogens is 5. The summed E-state index contributed by atoms with van der Waals surface area (Å²) in [7, 11) is 4.11. The molecule has 0 saturated carbocycles. The maximum Gasteiger partial charge on any atom is 0.433 e. The Balaban J connectivity index is 1.15. The average molecular weight is 781 g/mol. The van der Waals surface area contributed by atoms with Gasteiger partial charge in [-0.1, -0.05) is 53.5 Å². The highest BCUT2D eigenvalue weighted by Gasteiger charge is 2.46. The number of pyridine rings is 2. The van der Waals surface area contributed by atoms with Gasteiger partial charge < -0.3 is 15.4 Å². The highest BCUT2D eigenvalue weighted by atomic mass is 35.5. The zero-order valence-corrected chi connectivity index (χ0v) is 30.9. The number of ether oxygens (including phenoxy) is 1. The summed E-state index contributed by atoms with van der Waals surface area (Å²) in [5.74, 6) is 0.204. The summed E-state index contributed by atoms with van der Waals surface area (Å²) in [4.78, 5) is 49.0.